The Labute approximate surface area is 95.5 Å². The minimum atomic E-state index is 0.830. The molecule has 4 heteroatoms. The van der Waals surface area contributed by atoms with Crippen molar-refractivity contribution in [2.45, 2.75) is 19.4 Å². The zero-order valence-corrected chi connectivity index (χ0v) is 10.1. The van der Waals surface area contributed by atoms with E-state index in [9.17, 15) is 0 Å². The summed E-state index contributed by atoms with van der Waals surface area (Å²) in [6.07, 6.45) is 4.68. The van der Waals surface area contributed by atoms with Crippen LogP contribution >= 0.6 is 11.3 Å². The van der Waals surface area contributed by atoms with Crippen LogP contribution in [0, 0.1) is 5.92 Å². The van der Waals surface area contributed by atoms with Crippen LogP contribution in [0.1, 0.15) is 17.7 Å². The molecule has 0 saturated carbocycles. The molecule has 0 bridgehead atoms. The first kappa shape index (κ1) is 11.0. The maximum atomic E-state index is 4.10. The van der Waals surface area contributed by atoms with Crippen molar-refractivity contribution in [1.29, 1.82) is 0 Å². The van der Waals surface area contributed by atoms with Crippen LogP contribution in [0.15, 0.2) is 11.7 Å². The molecule has 1 saturated heterocycles. The van der Waals surface area contributed by atoms with Gasteiger partial charge >= 0.3 is 0 Å². The molecular formula is C11H19N3S. The van der Waals surface area contributed by atoms with Crippen molar-refractivity contribution >= 4 is 11.3 Å². The van der Waals surface area contributed by atoms with Gasteiger partial charge in [0.1, 0.15) is 0 Å². The molecule has 3 nitrogen and oxygen atoms in total. The average molecular weight is 225 g/mol. The van der Waals surface area contributed by atoms with Crippen molar-refractivity contribution in [2.75, 3.05) is 26.7 Å². The molecule has 15 heavy (non-hydrogen) atoms. The molecule has 0 aromatic carbocycles. The third-order valence-corrected chi connectivity index (χ3v) is 3.64. The molecular weight excluding hydrogens is 206 g/mol. The number of thiazole rings is 1. The van der Waals surface area contributed by atoms with Crippen LogP contribution in [-0.2, 0) is 6.54 Å². The van der Waals surface area contributed by atoms with Gasteiger partial charge < -0.3 is 10.2 Å². The number of aromatic nitrogens is 1. The van der Waals surface area contributed by atoms with E-state index in [2.05, 4.69) is 22.2 Å². The summed E-state index contributed by atoms with van der Waals surface area (Å²) >= 11 is 1.74. The van der Waals surface area contributed by atoms with E-state index >= 15 is 0 Å². The van der Waals surface area contributed by atoms with Crippen LogP contribution in [0.4, 0.5) is 0 Å². The quantitative estimate of drug-likeness (QED) is 0.843. The SMILES string of the molecule is CN(Cc1cncs1)C[C@H]1CCCNC1. The standard InChI is InChI=1S/C11H19N3S/c1-14(8-11-6-13-9-15-11)7-10-3-2-4-12-5-10/h6,9-10,12H,2-5,7-8H2,1H3/t10-/m0/s1. The van der Waals surface area contributed by atoms with Crippen LogP contribution in [0.2, 0.25) is 0 Å². The Hall–Kier alpha value is -0.450. The summed E-state index contributed by atoms with van der Waals surface area (Å²) in [5, 5.41) is 3.46. The zero-order chi connectivity index (χ0) is 10.5. The molecule has 2 heterocycles. The van der Waals surface area contributed by atoms with Crippen LogP contribution in [0.3, 0.4) is 0 Å². The number of nitrogens with zero attached hydrogens (tertiary/aromatic N) is 2. The average Bonchev–Trinajstić information content (AvgIpc) is 2.71. The fourth-order valence-electron chi connectivity index (χ4n) is 2.17. The van der Waals surface area contributed by atoms with Crippen molar-refractivity contribution in [3.8, 4) is 0 Å². The molecule has 1 aromatic rings. The summed E-state index contributed by atoms with van der Waals surface area (Å²) < 4.78 is 0. The molecule has 1 fully saturated rings. The van der Waals surface area contributed by atoms with Crippen LogP contribution in [0.25, 0.3) is 0 Å². The second-order valence-electron chi connectivity index (χ2n) is 4.38. The molecule has 1 N–H and O–H groups in total. The number of nitrogens with one attached hydrogen (secondary N) is 1. The summed E-state index contributed by atoms with van der Waals surface area (Å²) in [6.45, 7) is 4.63. The second kappa shape index (κ2) is 5.58. The first-order valence-electron chi connectivity index (χ1n) is 5.61. The summed E-state index contributed by atoms with van der Waals surface area (Å²) in [5.41, 5.74) is 1.91. The zero-order valence-electron chi connectivity index (χ0n) is 9.28. The molecule has 1 aliphatic rings. The lowest BCUT2D eigenvalue weighted by atomic mass is 9.99. The van der Waals surface area contributed by atoms with Gasteiger partial charge in [0.05, 0.1) is 5.51 Å². The summed E-state index contributed by atoms with van der Waals surface area (Å²) in [5.74, 6) is 0.830. The molecule has 1 aliphatic heterocycles. The Bertz CT molecular complexity index is 267. The lowest BCUT2D eigenvalue weighted by molar-refractivity contribution is 0.239. The van der Waals surface area contributed by atoms with Gasteiger partial charge in [0.2, 0.25) is 0 Å². The Kier molecular flexibility index (Phi) is 4.11. The Morgan fingerprint density at radius 1 is 1.67 bits per heavy atom. The molecule has 0 aliphatic carbocycles. The first-order chi connectivity index (χ1) is 7.34. The highest BCUT2D eigenvalue weighted by molar-refractivity contribution is 7.09. The summed E-state index contributed by atoms with van der Waals surface area (Å²) in [4.78, 5) is 7.87. The van der Waals surface area contributed by atoms with Gasteiger partial charge in [0.15, 0.2) is 0 Å². The Morgan fingerprint density at radius 2 is 2.60 bits per heavy atom. The highest BCUT2D eigenvalue weighted by Gasteiger charge is 2.15. The Morgan fingerprint density at radius 3 is 3.27 bits per heavy atom. The van der Waals surface area contributed by atoms with Crippen molar-refractivity contribution in [3.63, 3.8) is 0 Å². The summed E-state index contributed by atoms with van der Waals surface area (Å²) in [6, 6.07) is 0. The van der Waals surface area contributed by atoms with E-state index in [1.807, 2.05) is 11.7 Å². The normalized spacial score (nSPS) is 22.1. The van der Waals surface area contributed by atoms with Gasteiger partial charge in [-0.2, -0.15) is 0 Å². The van der Waals surface area contributed by atoms with E-state index in [-0.39, 0.29) is 0 Å². The van der Waals surface area contributed by atoms with E-state index in [4.69, 9.17) is 0 Å². The van der Waals surface area contributed by atoms with Gasteiger partial charge in [-0.05, 0) is 38.9 Å². The van der Waals surface area contributed by atoms with E-state index in [1.165, 1.54) is 37.4 Å². The van der Waals surface area contributed by atoms with Crippen LogP contribution in [0.5, 0.6) is 0 Å². The van der Waals surface area contributed by atoms with E-state index < -0.39 is 0 Å². The van der Waals surface area contributed by atoms with Crippen molar-refractivity contribution < 1.29 is 0 Å². The van der Waals surface area contributed by atoms with Gasteiger partial charge in [-0.25, -0.2) is 0 Å². The molecule has 84 valence electrons. The number of piperidine rings is 1. The number of rotatable bonds is 4. The second-order valence-corrected chi connectivity index (χ2v) is 5.35. The van der Waals surface area contributed by atoms with Gasteiger partial charge in [-0.1, -0.05) is 0 Å². The lowest BCUT2D eigenvalue weighted by Crippen LogP contribution is -2.36. The topological polar surface area (TPSA) is 28.2 Å². The van der Waals surface area contributed by atoms with E-state index in [1.54, 1.807) is 11.3 Å². The van der Waals surface area contributed by atoms with E-state index in [0.717, 1.165) is 12.5 Å². The molecule has 0 amide bonds. The number of hydrogen-bond donors (Lipinski definition) is 1. The predicted octanol–water partition coefficient (Wildman–Crippen LogP) is 1.57. The minimum absolute atomic E-state index is 0.830. The molecule has 1 aromatic heterocycles. The smallest absolute Gasteiger partial charge is 0.0794 e. The van der Waals surface area contributed by atoms with Crippen molar-refractivity contribution in [3.05, 3.63) is 16.6 Å². The van der Waals surface area contributed by atoms with Gasteiger partial charge in [0, 0.05) is 24.2 Å². The fraction of sp³-hybridized carbons (Fsp3) is 0.727. The first-order valence-corrected chi connectivity index (χ1v) is 6.49. The van der Waals surface area contributed by atoms with Crippen molar-refractivity contribution in [2.24, 2.45) is 5.92 Å². The van der Waals surface area contributed by atoms with Crippen LogP contribution < -0.4 is 5.32 Å². The molecule has 1 atom stereocenters. The monoisotopic (exact) mass is 225 g/mol. The van der Waals surface area contributed by atoms with Gasteiger partial charge in [-0.15, -0.1) is 11.3 Å². The highest BCUT2D eigenvalue weighted by Crippen LogP contribution is 2.14. The van der Waals surface area contributed by atoms with Crippen molar-refractivity contribution in [1.82, 2.24) is 15.2 Å². The van der Waals surface area contributed by atoms with Gasteiger partial charge in [0.25, 0.3) is 0 Å². The maximum absolute atomic E-state index is 4.10. The Balaban J connectivity index is 1.74. The van der Waals surface area contributed by atoms with E-state index in [0.29, 0.717) is 0 Å². The van der Waals surface area contributed by atoms with Crippen LogP contribution in [-0.4, -0.2) is 36.6 Å². The molecule has 0 spiro atoms. The summed E-state index contributed by atoms with van der Waals surface area (Å²) in [7, 11) is 2.20. The third-order valence-electron chi connectivity index (χ3n) is 2.88. The highest BCUT2D eigenvalue weighted by atomic mass is 32.1. The molecule has 0 radical (unpaired) electrons. The third kappa shape index (κ3) is 3.55. The minimum Gasteiger partial charge on any atom is -0.316 e. The van der Waals surface area contributed by atoms with Gasteiger partial charge in [-0.3, -0.25) is 4.98 Å². The fourth-order valence-corrected chi connectivity index (χ4v) is 2.85. The number of hydrogen-bond acceptors (Lipinski definition) is 4. The lowest BCUT2D eigenvalue weighted by Gasteiger charge is -2.27. The molecule has 2 rings (SSSR count). The largest absolute Gasteiger partial charge is 0.316 e. The predicted molar refractivity (Wildman–Crippen MR) is 64.0 cm³/mol. The maximum Gasteiger partial charge on any atom is 0.0794 e. The molecule has 0 unspecified atom stereocenters.